The van der Waals surface area contributed by atoms with E-state index < -0.39 is 30.2 Å². The van der Waals surface area contributed by atoms with E-state index in [0.717, 1.165) is 0 Å². The molecule has 9 nitrogen and oxygen atoms in total. The van der Waals surface area contributed by atoms with Crippen LogP contribution in [0.1, 0.15) is 16.1 Å². The molecule has 2 rings (SSSR count). The number of carboxylic acid groups (broad SMARTS) is 2. The number of Topliss-reactive ketones (excluding diaryl/α,β-unsaturated/α-hetero) is 1. The lowest BCUT2D eigenvalue weighted by Gasteiger charge is -2.05. The van der Waals surface area contributed by atoms with E-state index in [1.165, 1.54) is 18.2 Å². The van der Waals surface area contributed by atoms with E-state index in [1.807, 2.05) is 0 Å². The lowest BCUT2D eigenvalue weighted by atomic mass is 10.0. The fraction of sp³-hybridized carbons (Fsp3) is 0.154. The van der Waals surface area contributed by atoms with Gasteiger partial charge < -0.3 is 20.3 Å². The molecular weight excluding hydrogens is 296 g/mol. The Hall–Kier alpha value is -3.23. The number of carboxylic acids is 2. The number of carbonyl (C=O) groups excluding carboxylic acids is 1. The summed E-state index contributed by atoms with van der Waals surface area (Å²) < 4.78 is 0. The fourth-order valence-corrected chi connectivity index (χ4v) is 2.11. The number of aromatic nitrogens is 1. The van der Waals surface area contributed by atoms with Crippen LogP contribution in [0.5, 0.6) is 5.75 Å². The first-order chi connectivity index (χ1) is 10.3. The number of rotatable bonds is 6. The van der Waals surface area contributed by atoms with E-state index in [0.29, 0.717) is 5.52 Å². The maximum Gasteiger partial charge on any atom is 0.378 e. The van der Waals surface area contributed by atoms with Gasteiger partial charge in [-0.15, -0.1) is 4.91 Å². The zero-order valence-electron chi connectivity index (χ0n) is 10.9. The minimum Gasteiger partial charge on any atom is -0.508 e. The number of phenolic OH excluding ortho intramolecular Hbond substituents is 1. The Balaban J connectivity index is 2.65. The van der Waals surface area contributed by atoms with Gasteiger partial charge in [0.2, 0.25) is 0 Å². The van der Waals surface area contributed by atoms with Crippen molar-refractivity contribution in [2.45, 2.75) is 12.5 Å². The summed E-state index contributed by atoms with van der Waals surface area (Å²) in [6, 6.07) is 2.27. The first-order valence-electron chi connectivity index (χ1n) is 6.01. The maximum atomic E-state index is 11.7. The summed E-state index contributed by atoms with van der Waals surface area (Å²) in [7, 11) is 0. The molecule has 22 heavy (non-hydrogen) atoms. The van der Waals surface area contributed by atoms with E-state index in [9.17, 15) is 24.4 Å². The minimum atomic E-state index is -1.73. The van der Waals surface area contributed by atoms with E-state index in [-0.39, 0.29) is 22.4 Å². The third-order valence-electron chi connectivity index (χ3n) is 3.12. The summed E-state index contributed by atoms with van der Waals surface area (Å²) in [5.74, 6) is -4.67. The van der Waals surface area contributed by atoms with E-state index in [4.69, 9.17) is 10.2 Å². The van der Waals surface area contributed by atoms with Gasteiger partial charge in [0.15, 0.2) is 6.04 Å². The number of fused-ring (bicyclic) bond motifs is 1. The third-order valence-corrected chi connectivity index (χ3v) is 3.12. The minimum absolute atomic E-state index is 0.00491. The van der Waals surface area contributed by atoms with Crippen molar-refractivity contribution in [1.29, 1.82) is 0 Å². The molecule has 9 heteroatoms. The van der Waals surface area contributed by atoms with Crippen LogP contribution in [0.3, 0.4) is 0 Å². The molecule has 2 aromatic rings. The monoisotopic (exact) mass is 306 g/mol. The molecule has 114 valence electrons. The Kier molecular flexibility index (Phi) is 3.89. The van der Waals surface area contributed by atoms with Crippen molar-refractivity contribution in [3.63, 3.8) is 0 Å². The number of H-pyrrole nitrogens is 1. The number of hydrogen-bond donors (Lipinski definition) is 4. The predicted octanol–water partition coefficient (Wildman–Crippen LogP) is 0.903. The molecule has 0 spiro atoms. The average molecular weight is 306 g/mol. The van der Waals surface area contributed by atoms with Crippen LogP contribution in [0.25, 0.3) is 10.9 Å². The Morgan fingerprint density at radius 1 is 1.23 bits per heavy atom. The van der Waals surface area contributed by atoms with Gasteiger partial charge in [-0.2, -0.15) is 0 Å². The highest BCUT2D eigenvalue weighted by atomic mass is 16.4. The van der Waals surface area contributed by atoms with Crippen LogP contribution >= 0.6 is 0 Å². The molecule has 0 amide bonds. The molecule has 0 unspecified atom stereocenters. The zero-order valence-corrected chi connectivity index (χ0v) is 10.9. The Bertz CT molecular complexity index is 793. The Labute approximate surface area is 122 Å². The van der Waals surface area contributed by atoms with E-state index >= 15 is 0 Å². The molecule has 0 fully saturated rings. The molecule has 0 saturated carbocycles. The van der Waals surface area contributed by atoms with Gasteiger partial charge in [-0.3, -0.25) is 4.79 Å². The van der Waals surface area contributed by atoms with Crippen molar-refractivity contribution >= 4 is 28.6 Å². The number of hydrogen-bond acceptors (Lipinski definition) is 6. The number of nitrogens with zero attached hydrogens (tertiary/aromatic N) is 1. The molecule has 0 bridgehead atoms. The molecule has 1 aromatic carbocycles. The molecule has 4 N–H and O–H groups in total. The predicted molar refractivity (Wildman–Crippen MR) is 72.9 cm³/mol. The molecule has 0 aliphatic heterocycles. The number of ketones is 1. The van der Waals surface area contributed by atoms with Gasteiger partial charge in [-0.1, -0.05) is 5.18 Å². The van der Waals surface area contributed by atoms with Gasteiger partial charge in [0, 0.05) is 17.3 Å². The van der Waals surface area contributed by atoms with Gasteiger partial charge in [-0.05, 0) is 23.8 Å². The second kappa shape index (κ2) is 5.64. The Morgan fingerprint density at radius 2 is 1.91 bits per heavy atom. The van der Waals surface area contributed by atoms with Crippen molar-refractivity contribution in [1.82, 2.24) is 4.98 Å². The van der Waals surface area contributed by atoms with Crippen molar-refractivity contribution in [2.24, 2.45) is 5.18 Å². The van der Waals surface area contributed by atoms with Crippen molar-refractivity contribution in [2.75, 3.05) is 0 Å². The van der Waals surface area contributed by atoms with Crippen LogP contribution in [-0.2, 0) is 16.0 Å². The molecule has 0 radical (unpaired) electrons. The second-order valence-corrected chi connectivity index (χ2v) is 4.51. The molecule has 1 aromatic heterocycles. The first-order valence-corrected chi connectivity index (χ1v) is 6.01. The van der Waals surface area contributed by atoms with Crippen LogP contribution in [0.15, 0.2) is 23.4 Å². The summed E-state index contributed by atoms with van der Waals surface area (Å²) in [6.07, 6.45) is -0.476. The largest absolute Gasteiger partial charge is 0.508 e. The van der Waals surface area contributed by atoms with E-state index in [2.05, 4.69) is 10.2 Å². The summed E-state index contributed by atoms with van der Waals surface area (Å²) >= 11 is 0. The van der Waals surface area contributed by atoms with Gasteiger partial charge >= 0.3 is 11.9 Å². The maximum absolute atomic E-state index is 11.7. The highest BCUT2D eigenvalue weighted by molar-refractivity contribution is 6.40. The average Bonchev–Trinajstić information content (AvgIpc) is 2.81. The number of carbonyl (C=O) groups is 3. The molecule has 0 saturated heterocycles. The molecule has 1 heterocycles. The number of aromatic hydroxyl groups is 1. The Morgan fingerprint density at radius 3 is 2.45 bits per heavy atom. The van der Waals surface area contributed by atoms with Gasteiger partial charge in [0.1, 0.15) is 5.75 Å². The molecular formula is C13H10N2O7. The fourth-order valence-electron chi connectivity index (χ4n) is 2.11. The lowest BCUT2D eigenvalue weighted by molar-refractivity contribution is -0.138. The lowest BCUT2D eigenvalue weighted by Crippen LogP contribution is -2.22. The smallest absolute Gasteiger partial charge is 0.378 e. The first kappa shape index (κ1) is 15.2. The van der Waals surface area contributed by atoms with Gasteiger partial charge in [-0.25, -0.2) is 9.59 Å². The molecule has 0 aliphatic rings. The number of phenols is 1. The van der Waals surface area contributed by atoms with Crippen molar-refractivity contribution in [3.05, 3.63) is 34.4 Å². The van der Waals surface area contributed by atoms with Gasteiger partial charge in [0.25, 0.3) is 5.78 Å². The number of aromatic amines is 1. The van der Waals surface area contributed by atoms with Crippen LogP contribution < -0.4 is 0 Å². The standard InChI is InChI=1S/C13H10N2O7/c16-5-1-2-8-6(3-5)7(4-9(15-22)12(18)19)10(14-8)11(17)13(20)21/h1-3,9,14,16H,4H2,(H,18,19)(H,20,21)/t9-/m0/s1. The summed E-state index contributed by atoms with van der Waals surface area (Å²) in [5, 5.41) is 29.9. The highest BCUT2D eigenvalue weighted by Gasteiger charge is 2.28. The second-order valence-electron chi connectivity index (χ2n) is 4.51. The van der Waals surface area contributed by atoms with Crippen molar-refractivity contribution in [3.8, 4) is 5.75 Å². The SMILES string of the molecule is O=N[C@@H](Cc1c(C(=O)C(=O)O)[nH]c2ccc(O)cc12)C(=O)O. The van der Waals surface area contributed by atoms with Crippen LogP contribution in [0, 0.1) is 4.91 Å². The van der Waals surface area contributed by atoms with Crippen LogP contribution in [0.2, 0.25) is 0 Å². The highest BCUT2D eigenvalue weighted by Crippen LogP contribution is 2.28. The number of aliphatic carboxylic acids is 2. The van der Waals surface area contributed by atoms with Crippen LogP contribution in [0.4, 0.5) is 0 Å². The van der Waals surface area contributed by atoms with Gasteiger partial charge in [0.05, 0.1) is 5.69 Å². The quantitative estimate of drug-likeness (QED) is 0.350. The zero-order chi connectivity index (χ0) is 16.4. The topological polar surface area (TPSA) is 157 Å². The molecule has 1 atom stereocenters. The van der Waals surface area contributed by atoms with Crippen molar-refractivity contribution < 1.29 is 29.7 Å². The molecule has 0 aliphatic carbocycles. The number of nitroso groups, excluding NO2 is 1. The summed E-state index contributed by atoms with van der Waals surface area (Å²) in [6.45, 7) is 0. The normalized spacial score (nSPS) is 12.0. The summed E-state index contributed by atoms with van der Waals surface area (Å²) in [5.41, 5.74) is -0.0132. The number of benzene rings is 1. The third kappa shape index (κ3) is 2.64. The van der Waals surface area contributed by atoms with Crippen LogP contribution in [-0.4, -0.2) is 44.1 Å². The van der Waals surface area contributed by atoms with E-state index in [1.54, 1.807) is 0 Å². The summed E-state index contributed by atoms with van der Waals surface area (Å²) in [4.78, 5) is 46.7. The number of nitrogens with one attached hydrogen (secondary N) is 1.